The molecule has 13 heavy (non-hydrogen) atoms. The van der Waals surface area contributed by atoms with E-state index in [9.17, 15) is 9.36 Å². The van der Waals surface area contributed by atoms with Crippen LogP contribution in [-0.4, -0.2) is 16.2 Å². The van der Waals surface area contributed by atoms with Gasteiger partial charge in [0.25, 0.3) is 0 Å². The van der Waals surface area contributed by atoms with Crippen LogP contribution >= 0.6 is 7.60 Å². The lowest BCUT2D eigenvalue weighted by Gasteiger charge is -2.08. The van der Waals surface area contributed by atoms with Crippen molar-refractivity contribution in [2.75, 3.05) is 0 Å². The lowest BCUT2D eigenvalue weighted by molar-refractivity contribution is 0.140. The van der Waals surface area contributed by atoms with E-state index in [-0.39, 0.29) is 5.30 Å². The van der Waals surface area contributed by atoms with Crippen molar-refractivity contribution >= 4 is 19.1 Å². The fourth-order valence-electron chi connectivity index (χ4n) is 0.775. The summed E-state index contributed by atoms with van der Waals surface area (Å²) >= 11 is 0. The van der Waals surface area contributed by atoms with Crippen molar-refractivity contribution in [3.63, 3.8) is 0 Å². The van der Waals surface area contributed by atoms with Crippen molar-refractivity contribution in [2.45, 2.75) is 0 Å². The van der Waals surface area contributed by atoms with E-state index in [0.29, 0.717) is 0 Å². The number of hydrogen-bond acceptors (Lipinski definition) is 3. The summed E-state index contributed by atoms with van der Waals surface area (Å²) in [6.45, 7) is 0. The Balaban J connectivity index is 2.95. The molecule has 70 valence electrons. The molecule has 5 nitrogen and oxygen atoms in total. The molecule has 1 atom stereocenters. The number of rotatable bonds is 2. The first-order valence-corrected chi connectivity index (χ1v) is 4.91. The summed E-state index contributed by atoms with van der Waals surface area (Å²) in [6.07, 6.45) is -1.77. The van der Waals surface area contributed by atoms with E-state index >= 15 is 0 Å². The molecule has 0 heterocycles. The van der Waals surface area contributed by atoms with Gasteiger partial charge in [-0.2, -0.15) is 0 Å². The molecule has 0 radical (unpaired) electrons. The average molecular weight is 202 g/mol. The maximum atomic E-state index is 11.2. The first kappa shape index (κ1) is 9.77. The molecule has 0 bridgehead atoms. The highest BCUT2D eigenvalue weighted by molar-refractivity contribution is 7.61. The number of hydrogen-bond donors (Lipinski definition) is 2. The Kier molecular flexibility index (Phi) is 2.70. The molecule has 1 aromatic rings. The minimum absolute atomic E-state index is 0.0441. The van der Waals surface area contributed by atoms with Crippen LogP contribution in [0.5, 0.6) is 0 Å². The highest BCUT2D eigenvalue weighted by atomic mass is 31.2. The second-order valence-electron chi connectivity index (χ2n) is 2.21. The minimum Gasteiger partial charge on any atom is -0.449 e. The van der Waals surface area contributed by atoms with Crippen molar-refractivity contribution in [3.05, 3.63) is 30.3 Å². The van der Waals surface area contributed by atoms with Gasteiger partial charge in [0.1, 0.15) is 0 Å². The van der Waals surface area contributed by atoms with Gasteiger partial charge in [0, 0.05) is 0 Å². The predicted octanol–water partition coefficient (Wildman–Crippen LogP) is 1.19. The average Bonchev–Trinajstić information content (AvgIpc) is 2.04. The Labute approximate surface area is 74.1 Å². The largest absolute Gasteiger partial charge is 0.512 e. The Morgan fingerprint density at radius 1 is 1.31 bits per heavy atom. The van der Waals surface area contributed by atoms with E-state index < -0.39 is 13.8 Å². The van der Waals surface area contributed by atoms with E-state index in [1.54, 1.807) is 6.07 Å². The third-order valence-electron chi connectivity index (χ3n) is 1.28. The lowest BCUT2D eigenvalue weighted by Crippen LogP contribution is -2.09. The van der Waals surface area contributed by atoms with Crippen LogP contribution in [0.25, 0.3) is 0 Å². The molecule has 0 aliphatic rings. The van der Waals surface area contributed by atoms with E-state index in [4.69, 9.17) is 10.00 Å². The van der Waals surface area contributed by atoms with Crippen molar-refractivity contribution in [3.8, 4) is 0 Å². The van der Waals surface area contributed by atoms with E-state index in [2.05, 4.69) is 4.52 Å². The second kappa shape index (κ2) is 3.60. The molecule has 0 fully saturated rings. The lowest BCUT2D eigenvalue weighted by atomic mass is 10.4. The molecule has 0 aromatic heterocycles. The Bertz CT molecular complexity index is 347. The zero-order valence-corrected chi connectivity index (χ0v) is 7.35. The molecular weight excluding hydrogens is 195 g/mol. The normalized spacial score (nSPS) is 14.5. The number of carboxylic acid groups (broad SMARTS) is 1. The third-order valence-corrected chi connectivity index (χ3v) is 2.64. The molecule has 0 amide bonds. The highest BCUT2D eigenvalue weighted by Gasteiger charge is 2.26. The quantitative estimate of drug-likeness (QED) is 0.703. The van der Waals surface area contributed by atoms with Crippen molar-refractivity contribution < 1.29 is 23.9 Å². The minimum atomic E-state index is -4.20. The molecule has 1 unspecified atom stereocenters. The summed E-state index contributed by atoms with van der Waals surface area (Å²) in [4.78, 5) is 19.1. The van der Waals surface area contributed by atoms with Gasteiger partial charge in [-0.1, -0.05) is 18.2 Å². The molecule has 0 spiro atoms. The van der Waals surface area contributed by atoms with Crippen LogP contribution < -0.4 is 5.30 Å². The van der Waals surface area contributed by atoms with Gasteiger partial charge in [0.2, 0.25) is 0 Å². The summed E-state index contributed by atoms with van der Waals surface area (Å²) < 4.78 is 15.0. The topological polar surface area (TPSA) is 83.8 Å². The fourth-order valence-corrected chi connectivity index (χ4v) is 1.64. The van der Waals surface area contributed by atoms with E-state index in [1.165, 1.54) is 24.3 Å². The summed E-state index contributed by atoms with van der Waals surface area (Å²) in [5.41, 5.74) is 0. The monoisotopic (exact) mass is 202 g/mol. The van der Waals surface area contributed by atoms with Crippen LogP contribution in [0.15, 0.2) is 30.3 Å². The van der Waals surface area contributed by atoms with Gasteiger partial charge in [0.05, 0.1) is 5.30 Å². The van der Waals surface area contributed by atoms with Gasteiger partial charge < -0.3 is 14.5 Å². The van der Waals surface area contributed by atoms with Crippen molar-refractivity contribution in [2.24, 2.45) is 0 Å². The maximum absolute atomic E-state index is 11.2. The zero-order chi connectivity index (χ0) is 9.90. The number of benzene rings is 1. The van der Waals surface area contributed by atoms with Gasteiger partial charge in [-0.15, -0.1) is 0 Å². The SMILES string of the molecule is O=C(O)OP(=O)(O)c1ccccc1. The van der Waals surface area contributed by atoms with E-state index in [1.807, 2.05) is 0 Å². The summed E-state index contributed by atoms with van der Waals surface area (Å²) in [5.74, 6) is 0. The first-order valence-electron chi connectivity index (χ1n) is 3.33. The first-order chi connectivity index (χ1) is 6.02. The summed E-state index contributed by atoms with van der Waals surface area (Å²) in [5, 5.41) is 8.11. The predicted molar refractivity (Wildman–Crippen MR) is 45.0 cm³/mol. The van der Waals surface area contributed by atoms with Crippen LogP contribution in [0.4, 0.5) is 4.79 Å². The Morgan fingerprint density at radius 2 is 1.85 bits per heavy atom. The Hall–Kier alpha value is -1.32. The van der Waals surface area contributed by atoms with Gasteiger partial charge in [-0.25, -0.2) is 9.36 Å². The summed E-state index contributed by atoms with van der Waals surface area (Å²) in [6, 6.07) is 7.32. The molecule has 0 saturated heterocycles. The van der Waals surface area contributed by atoms with Gasteiger partial charge in [-0.3, -0.25) is 0 Å². The van der Waals surface area contributed by atoms with Gasteiger partial charge in [0.15, 0.2) is 0 Å². The molecule has 0 aliphatic heterocycles. The second-order valence-corrected chi connectivity index (χ2v) is 3.95. The van der Waals surface area contributed by atoms with Crippen LogP contribution in [0.1, 0.15) is 0 Å². The molecule has 0 aliphatic carbocycles. The fraction of sp³-hybridized carbons (Fsp3) is 0. The number of carbonyl (C=O) groups is 1. The Morgan fingerprint density at radius 3 is 2.31 bits per heavy atom. The molecular formula is C7H7O5P. The van der Waals surface area contributed by atoms with Gasteiger partial charge >= 0.3 is 13.8 Å². The van der Waals surface area contributed by atoms with Crippen LogP contribution in [-0.2, 0) is 9.09 Å². The van der Waals surface area contributed by atoms with Crippen LogP contribution in [0.2, 0.25) is 0 Å². The zero-order valence-electron chi connectivity index (χ0n) is 6.45. The molecule has 0 saturated carbocycles. The smallest absolute Gasteiger partial charge is 0.449 e. The molecule has 2 N–H and O–H groups in total. The van der Waals surface area contributed by atoms with E-state index in [0.717, 1.165) is 0 Å². The van der Waals surface area contributed by atoms with Crippen molar-refractivity contribution in [1.29, 1.82) is 0 Å². The third kappa shape index (κ3) is 2.57. The maximum Gasteiger partial charge on any atom is 0.512 e. The van der Waals surface area contributed by atoms with Crippen molar-refractivity contribution in [1.82, 2.24) is 0 Å². The summed E-state index contributed by atoms with van der Waals surface area (Å²) in [7, 11) is -4.20. The van der Waals surface area contributed by atoms with Crippen LogP contribution in [0.3, 0.4) is 0 Å². The van der Waals surface area contributed by atoms with Crippen LogP contribution in [0, 0.1) is 0 Å². The highest BCUT2D eigenvalue weighted by Crippen LogP contribution is 2.40. The molecule has 1 rings (SSSR count). The van der Waals surface area contributed by atoms with Gasteiger partial charge in [-0.05, 0) is 12.1 Å². The molecule has 1 aromatic carbocycles. The standard InChI is InChI=1S/C7H7O5P/c8-7(9)12-13(10,11)6-4-2-1-3-5-6/h1-5H,(H,8,9)(H,10,11). The molecule has 6 heteroatoms.